The van der Waals surface area contributed by atoms with Gasteiger partial charge in [-0.3, -0.25) is 4.79 Å². The number of anilines is 1. The van der Waals surface area contributed by atoms with E-state index in [1.54, 1.807) is 55.5 Å². The molecule has 0 spiro atoms. The molecule has 0 fully saturated rings. The lowest BCUT2D eigenvalue weighted by molar-refractivity contribution is -0.119. The molecular weight excluding hydrogens is 396 g/mol. The molecule has 0 bridgehead atoms. The molecule has 0 radical (unpaired) electrons. The molecule has 8 heteroatoms. The third-order valence-electron chi connectivity index (χ3n) is 4.12. The first-order valence-corrected chi connectivity index (χ1v) is 9.18. The van der Waals surface area contributed by atoms with Crippen molar-refractivity contribution in [2.45, 2.75) is 20.5 Å². The first kappa shape index (κ1) is 20.4. The van der Waals surface area contributed by atoms with Crippen molar-refractivity contribution < 1.29 is 23.6 Å². The van der Waals surface area contributed by atoms with Gasteiger partial charge in [-0.05, 0) is 50.2 Å². The predicted octanol–water partition coefficient (Wildman–Crippen LogP) is 4.32. The van der Waals surface area contributed by atoms with Crippen molar-refractivity contribution in [3.63, 3.8) is 0 Å². The molecule has 1 heterocycles. The number of hydrogen-bond donors (Lipinski definition) is 1. The van der Waals surface area contributed by atoms with Crippen LogP contribution in [0.15, 0.2) is 53.1 Å². The van der Waals surface area contributed by atoms with Crippen LogP contribution in [0, 0.1) is 13.8 Å². The number of carbonyl (C=O) groups excluding carboxylic acids is 2. The van der Waals surface area contributed by atoms with Crippen molar-refractivity contribution in [2.75, 3.05) is 11.9 Å². The molecule has 0 saturated carbocycles. The summed E-state index contributed by atoms with van der Waals surface area (Å²) >= 11 is 5.81. The number of benzene rings is 2. The van der Waals surface area contributed by atoms with Gasteiger partial charge < -0.3 is 19.3 Å². The van der Waals surface area contributed by atoms with Gasteiger partial charge in [0.2, 0.25) is 0 Å². The molecule has 0 aliphatic carbocycles. The Morgan fingerprint density at radius 2 is 1.83 bits per heavy atom. The number of rotatable bonds is 7. The third kappa shape index (κ3) is 5.36. The molecule has 0 aliphatic rings. The second-order valence-electron chi connectivity index (χ2n) is 6.22. The highest BCUT2D eigenvalue weighted by atomic mass is 35.5. The summed E-state index contributed by atoms with van der Waals surface area (Å²) < 4.78 is 16.0. The van der Waals surface area contributed by atoms with Crippen LogP contribution in [0.5, 0.6) is 5.75 Å². The number of nitrogens with one attached hydrogen (secondary N) is 1. The Labute approximate surface area is 172 Å². The fraction of sp³-hybridized carbons (Fsp3) is 0.190. The zero-order valence-electron chi connectivity index (χ0n) is 15.9. The van der Waals surface area contributed by atoms with Gasteiger partial charge in [-0.1, -0.05) is 28.9 Å². The lowest BCUT2D eigenvalue weighted by Crippen LogP contribution is -2.21. The summed E-state index contributed by atoms with van der Waals surface area (Å²) in [6, 6.07) is 13.3. The number of aromatic nitrogens is 1. The van der Waals surface area contributed by atoms with Crippen LogP contribution < -0.4 is 10.1 Å². The molecule has 29 heavy (non-hydrogen) atoms. The van der Waals surface area contributed by atoms with Crippen LogP contribution in [0.4, 0.5) is 5.69 Å². The number of ether oxygens (including phenoxy) is 2. The van der Waals surface area contributed by atoms with Crippen LogP contribution in [0.2, 0.25) is 5.02 Å². The Morgan fingerprint density at radius 1 is 1.10 bits per heavy atom. The van der Waals surface area contributed by atoms with E-state index in [2.05, 4.69) is 10.5 Å². The molecular formula is C21H19ClN2O5. The maximum atomic E-state index is 12.4. The monoisotopic (exact) mass is 414 g/mol. The fourth-order valence-electron chi connectivity index (χ4n) is 2.56. The minimum atomic E-state index is -0.661. The summed E-state index contributed by atoms with van der Waals surface area (Å²) in [5, 5.41) is 7.06. The highest BCUT2D eigenvalue weighted by Gasteiger charge is 2.17. The summed E-state index contributed by atoms with van der Waals surface area (Å²) in [5.41, 5.74) is 2.31. The molecule has 1 aromatic heterocycles. The Balaban J connectivity index is 1.59. The fourth-order valence-corrected chi connectivity index (χ4v) is 2.68. The Morgan fingerprint density at radius 3 is 2.52 bits per heavy atom. The summed E-state index contributed by atoms with van der Waals surface area (Å²) in [6.45, 7) is 3.37. The molecule has 0 aliphatic heterocycles. The van der Waals surface area contributed by atoms with E-state index >= 15 is 0 Å². The van der Waals surface area contributed by atoms with Gasteiger partial charge in [-0.15, -0.1) is 0 Å². The van der Waals surface area contributed by atoms with Crippen LogP contribution in [-0.2, 0) is 16.1 Å². The van der Waals surface area contributed by atoms with E-state index in [0.717, 1.165) is 11.3 Å². The van der Waals surface area contributed by atoms with E-state index in [1.807, 2.05) is 6.92 Å². The number of esters is 1. The van der Waals surface area contributed by atoms with Gasteiger partial charge in [0.15, 0.2) is 6.61 Å². The van der Waals surface area contributed by atoms with E-state index in [-0.39, 0.29) is 12.2 Å². The first-order valence-electron chi connectivity index (χ1n) is 8.80. The number of aryl methyl sites for hydroxylation is 2. The van der Waals surface area contributed by atoms with Gasteiger partial charge in [0.25, 0.3) is 5.91 Å². The number of carbonyl (C=O) groups is 2. The van der Waals surface area contributed by atoms with Gasteiger partial charge in [0, 0.05) is 10.7 Å². The van der Waals surface area contributed by atoms with Crippen molar-refractivity contribution in [1.29, 1.82) is 0 Å². The molecule has 3 aromatic rings. The molecule has 3 rings (SSSR count). The lowest BCUT2D eigenvalue weighted by atomic mass is 10.2. The SMILES string of the molecule is Cc1noc(C)c1COc1ccccc1C(=O)OCC(=O)Nc1ccc(Cl)cc1. The molecule has 0 saturated heterocycles. The highest BCUT2D eigenvalue weighted by molar-refractivity contribution is 6.30. The second-order valence-corrected chi connectivity index (χ2v) is 6.66. The maximum Gasteiger partial charge on any atom is 0.342 e. The Hall–Kier alpha value is -3.32. The van der Waals surface area contributed by atoms with Crippen molar-refractivity contribution in [2.24, 2.45) is 0 Å². The number of para-hydroxylation sites is 1. The quantitative estimate of drug-likeness (QED) is 0.579. The van der Waals surface area contributed by atoms with E-state index in [9.17, 15) is 9.59 Å². The average molecular weight is 415 g/mol. The average Bonchev–Trinajstić information content (AvgIpc) is 3.04. The summed E-state index contributed by atoms with van der Waals surface area (Å²) in [4.78, 5) is 24.4. The van der Waals surface area contributed by atoms with Crippen molar-refractivity contribution in [3.05, 3.63) is 76.1 Å². The topological polar surface area (TPSA) is 90.7 Å². The highest BCUT2D eigenvalue weighted by Crippen LogP contribution is 2.22. The van der Waals surface area contributed by atoms with Gasteiger partial charge in [0.1, 0.15) is 23.7 Å². The van der Waals surface area contributed by atoms with Gasteiger partial charge in [-0.2, -0.15) is 0 Å². The van der Waals surface area contributed by atoms with Gasteiger partial charge in [-0.25, -0.2) is 4.79 Å². The molecule has 0 atom stereocenters. The Bertz CT molecular complexity index is 995. The minimum Gasteiger partial charge on any atom is -0.488 e. The number of hydrogen-bond acceptors (Lipinski definition) is 6. The van der Waals surface area contributed by atoms with Gasteiger partial charge >= 0.3 is 5.97 Å². The summed E-state index contributed by atoms with van der Waals surface area (Å²) in [6.07, 6.45) is 0. The lowest BCUT2D eigenvalue weighted by Gasteiger charge is -2.11. The first-order chi connectivity index (χ1) is 13.9. The van der Waals surface area contributed by atoms with E-state index in [0.29, 0.717) is 22.2 Å². The van der Waals surface area contributed by atoms with Crippen molar-refractivity contribution in [1.82, 2.24) is 5.16 Å². The molecule has 0 unspecified atom stereocenters. The molecule has 7 nitrogen and oxygen atoms in total. The number of amides is 1. The third-order valence-corrected chi connectivity index (χ3v) is 4.37. The smallest absolute Gasteiger partial charge is 0.342 e. The van der Waals surface area contributed by atoms with Crippen LogP contribution in [0.3, 0.4) is 0 Å². The van der Waals surface area contributed by atoms with Crippen LogP contribution in [0.25, 0.3) is 0 Å². The van der Waals surface area contributed by atoms with Crippen molar-refractivity contribution >= 4 is 29.2 Å². The molecule has 1 amide bonds. The summed E-state index contributed by atoms with van der Waals surface area (Å²) in [5.74, 6) is -0.127. The molecule has 150 valence electrons. The van der Waals surface area contributed by atoms with Crippen LogP contribution in [-0.4, -0.2) is 23.6 Å². The Kier molecular flexibility index (Phi) is 6.51. The minimum absolute atomic E-state index is 0.197. The second kappa shape index (κ2) is 9.25. The normalized spacial score (nSPS) is 10.4. The van der Waals surface area contributed by atoms with Gasteiger partial charge in [0.05, 0.1) is 11.3 Å². The predicted molar refractivity (Wildman–Crippen MR) is 107 cm³/mol. The van der Waals surface area contributed by atoms with E-state index < -0.39 is 18.5 Å². The summed E-state index contributed by atoms with van der Waals surface area (Å²) in [7, 11) is 0. The zero-order valence-corrected chi connectivity index (χ0v) is 16.7. The standard InChI is InChI=1S/C21H19ClN2O5/c1-13-18(14(2)29-24-13)11-27-19-6-4-3-5-17(19)21(26)28-12-20(25)23-16-9-7-15(22)8-10-16/h3-10H,11-12H2,1-2H3,(H,23,25). The largest absolute Gasteiger partial charge is 0.488 e. The number of halogens is 1. The zero-order chi connectivity index (χ0) is 20.8. The molecule has 1 N–H and O–H groups in total. The van der Waals surface area contributed by atoms with Crippen LogP contribution >= 0.6 is 11.6 Å². The maximum absolute atomic E-state index is 12.4. The number of nitrogens with zero attached hydrogens (tertiary/aromatic N) is 1. The van der Waals surface area contributed by atoms with Crippen molar-refractivity contribution in [3.8, 4) is 5.75 Å². The van der Waals surface area contributed by atoms with E-state index in [4.69, 9.17) is 25.6 Å². The van der Waals surface area contributed by atoms with E-state index in [1.165, 1.54) is 0 Å². The molecule has 2 aromatic carbocycles. The van der Waals surface area contributed by atoms with Crippen LogP contribution in [0.1, 0.15) is 27.4 Å².